The van der Waals surface area contributed by atoms with Crippen molar-refractivity contribution < 1.29 is 25.8 Å². The number of ether oxygens (including phenoxy) is 1. The fourth-order valence-electron chi connectivity index (χ4n) is 1.31. The van der Waals surface area contributed by atoms with Gasteiger partial charge in [0.05, 0.1) is 30.8 Å². The zero-order chi connectivity index (χ0) is 13.3. The third-order valence-electron chi connectivity index (χ3n) is 2.26. The van der Waals surface area contributed by atoms with Crippen LogP contribution in [0.3, 0.4) is 0 Å². The van der Waals surface area contributed by atoms with Crippen LogP contribution in [0.4, 0.5) is 0 Å². The first-order valence-electron chi connectivity index (χ1n) is 5.09. The van der Waals surface area contributed by atoms with Crippen LogP contribution in [0.15, 0.2) is 0 Å². The number of hydrogen-bond donors (Lipinski definition) is 1. The third kappa shape index (κ3) is 4.51. The summed E-state index contributed by atoms with van der Waals surface area (Å²) in [5, 5.41) is -0.595. The highest BCUT2D eigenvalue weighted by Crippen LogP contribution is 2.14. The molecule has 1 rings (SSSR count). The molecule has 0 radical (unpaired) electrons. The number of sulfonamides is 1. The molecule has 0 aromatic carbocycles. The molecule has 0 bridgehead atoms. The van der Waals surface area contributed by atoms with Crippen LogP contribution in [0.5, 0.6) is 0 Å². The standard InChI is InChI=1S/C8H17NO6S2/c1-6(2)17(12,13)9-7-4-14-5-8(7)15-16(3,10)11/h6-9H,4-5H2,1-3H3/t7-,8-/m0/s1. The van der Waals surface area contributed by atoms with Gasteiger partial charge in [0.25, 0.3) is 10.1 Å². The predicted octanol–water partition coefficient (Wildman–Crippen LogP) is -0.942. The van der Waals surface area contributed by atoms with E-state index in [0.717, 1.165) is 6.26 Å². The van der Waals surface area contributed by atoms with Crippen LogP contribution in [0.1, 0.15) is 13.8 Å². The summed E-state index contributed by atoms with van der Waals surface area (Å²) in [5.41, 5.74) is 0. The first-order chi connectivity index (χ1) is 7.62. The van der Waals surface area contributed by atoms with Crippen LogP contribution < -0.4 is 4.72 Å². The number of nitrogens with one attached hydrogen (secondary N) is 1. The zero-order valence-electron chi connectivity index (χ0n) is 9.91. The Hall–Kier alpha value is -0.220. The summed E-state index contributed by atoms with van der Waals surface area (Å²) in [6.45, 7) is 3.22. The first kappa shape index (κ1) is 14.8. The molecule has 1 aliphatic rings. The lowest BCUT2D eigenvalue weighted by Crippen LogP contribution is -2.46. The second kappa shape index (κ2) is 5.19. The van der Waals surface area contributed by atoms with E-state index in [9.17, 15) is 16.8 Å². The Balaban J connectivity index is 2.71. The Bertz CT molecular complexity index is 454. The second-order valence-electron chi connectivity index (χ2n) is 4.19. The summed E-state index contributed by atoms with van der Waals surface area (Å²) in [6, 6.07) is -0.669. The molecule has 0 saturated carbocycles. The Morgan fingerprint density at radius 2 is 1.82 bits per heavy atom. The van der Waals surface area contributed by atoms with Gasteiger partial charge < -0.3 is 4.74 Å². The maximum atomic E-state index is 11.6. The van der Waals surface area contributed by atoms with E-state index in [1.54, 1.807) is 0 Å². The highest BCUT2D eigenvalue weighted by atomic mass is 32.2. The van der Waals surface area contributed by atoms with Crippen molar-refractivity contribution in [2.24, 2.45) is 0 Å². The molecular formula is C8H17NO6S2. The van der Waals surface area contributed by atoms with Gasteiger partial charge in [-0.3, -0.25) is 4.18 Å². The molecule has 1 N–H and O–H groups in total. The van der Waals surface area contributed by atoms with E-state index in [0.29, 0.717) is 0 Å². The Morgan fingerprint density at radius 1 is 1.24 bits per heavy atom. The summed E-state index contributed by atoms with van der Waals surface area (Å²) >= 11 is 0. The van der Waals surface area contributed by atoms with Gasteiger partial charge in [0, 0.05) is 0 Å². The van der Waals surface area contributed by atoms with E-state index in [1.165, 1.54) is 13.8 Å². The average Bonchev–Trinajstić information content (AvgIpc) is 2.48. The van der Waals surface area contributed by atoms with Gasteiger partial charge in [-0.2, -0.15) is 8.42 Å². The molecular weight excluding hydrogens is 270 g/mol. The molecule has 0 aromatic rings. The minimum Gasteiger partial charge on any atom is -0.377 e. The largest absolute Gasteiger partial charge is 0.377 e. The van der Waals surface area contributed by atoms with E-state index >= 15 is 0 Å². The summed E-state index contributed by atoms with van der Waals surface area (Å²) < 4.78 is 57.4. The highest BCUT2D eigenvalue weighted by Gasteiger charge is 2.35. The summed E-state index contributed by atoms with van der Waals surface area (Å²) in [5.74, 6) is 0. The van der Waals surface area contributed by atoms with Crippen LogP contribution in [-0.2, 0) is 29.1 Å². The highest BCUT2D eigenvalue weighted by molar-refractivity contribution is 7.90. The molecule has 1 aliphatic heterocycles. The Kier molecular flexibility index (Phi) is 4.53. The Labute approximate surface area is 102 Å². The van der Waals surface area contributed by atoms with Gasteiger partial charge >= 0.3 is 0 Å². The van der Waals surface area contributed by atoms with Crippen molar-refractivity contribution in [1.29, 1.82) is 0 Å². The lowest BCUT2D eigenvalue weighted by Gasteiger charge is -2.19. The molecule has 2 atom stereocenters. The van der Waals surface area contributed by atoms with Gasteiger partial charge in [-0.15, -0.1) is 0 Å². The molecule has 0 amide bonds. The molecule has 0 aromatic heterocycles. The summed E-state index contributed by atoms with van der Waals surface area (Å²) in [4.78, 5) is 0. The van der Waals surface area contributed by atoms with Crippen LogP contribution in [0.2, 0.25) is 0 Å². The minimum atomic E-state index is -3.63. The van der Waals surface area contributed by atoms with E-state index in [2.05, 4.69) is 4.72 Å². The summed E-state index contributed by atoms with van der Waals surface area (Å²) in [6.07, 6.45) is 0.109. The molecule has 9 heteroatoms. The minimum absolute atomic E-state index is 0.0539. The van der Waals surface area contributed by atoms with Crippen molar-refractivity contribution in [3.63, 3.8) is 0 Å². The SMILES string of the molecule is CC(C)S(=O)(=O)N[C@H]1COC[C@@H]1OS(C)(=O)=O. The fourth-order valence-corrected chi connectivity index (χ4v) is 2.86. The lowest BCUT2D eigenvalue weighted by atomic mass is 10.2. The lowest BCUT2D eigenvalue weighted by molar-refractivity contribution is 0.144. The van der Waals surface area contributed by atoms with E-state index in [1.807, 2.05) is 0 Å². The van der Waals surface area contributed by atoms with Crippen LogP contribution in [-0.4, -0.2) is 53.7 Å². The van der Waals surface area contributed by atoms with Crippen molar-refractivity contribution >= 4 is 20.1 Å². The maximum Gasteiger partial charge on any atom is 0.264 e. The predicted molar refractivity (Wildman–Crippen MR) is 61.5 cm³/mol. The zero-order valence-corrected chi connectivity index (χ0v) is 11.5. The molecule has 7 nitrogen and oxygen atoms in total. The molecule has 1 fully saturated rings. The van der Waals surface area contributed by atoms with Crippen LogP contribution >= 0.6 is 0 Å². The molecule has 0 spiro atoms. The van der Waals surface area contributed by atoms with Gasteiger partial charge in [0.2, 0.25) is 10.0 Å². The first-order valence-corrected chi connectivity index (χ1v) is 8.45. The van der Waals surface area contributed by atoms with Gasteiger partial charge in [-0.05, 0) is 13.8 Å². The topological polar surface area (TPSA) is 98.8 Å². The van der Waals surface area contributed by atoms with Crippen molar-refractivity contribution in [2.75, 3.05) is 19.5 Å². The second-order valence-corrected chi connectivity index (χ2v) is 8.06. The van der Waals surface area contributed by atoms with E-state index in [-0.39, 0.29) is 13.2 Å². The number of rotatable bonds is 5. The van der Waals surface area contributed by atoms with Crippen molar-refractivity contribution in [3.8, 4) is 0 Å². The Morgan fingerprint density at radius 3 is 2.29 bits per heavy atom. The van der Waals surface area contributed by atoms with Crippen molar-refractivity contribution in [2.45, 2.75) is 31.2 Å². The molecule has 17 heavy (non-hydrogen) atoms. The number of hydrogen-bond acceptors (Lipinski definition) is 6. The van der Waals surface area contributed by atoms with Crippen molar-refractivity contribution in [1.82, 2.24) is 4.72 Å². The average molecular weight is 287 g/mol. The smallest absolute Gasteiger partial charge is 0.264 e. The monoisotopic (exact) mass is 287 g/mol. The van der Waals surface area contributed by atoms with Crippen molar-refractivity contribution in [3.05, 3.63) is 0 Å². The van der Waals surface area contributed by atoms with Crippen LogP contribution in [0.25, 0.3) is 0 Å². The third-order valence-corrected chi connectivity index (χ3v) is 4.73. The van der Waals surface area contributed by atoms with Gasteiger partial charge in [0.1, 0.15) is 6.10 Å². The molecule has 0 aliphatic carbocycles. The van der Waals surface area contributed by atoms with Gasteiger partial charge in [-0.25, -0.2) is 13.1 Å². The maximum absolute atomic E-state index is 11.6. The van der Waals surface area contributed by atoms with E-state index < -0.39 is 37.5 Å². The van der Waals surface area contributed by atoms with E-state index in [4.69, 9.17) is 8.92 Å². The molecule has 102 valence electrons. The van der Waals surface area contributed by atoms with Crippen LogP contribution in [0, 0.1) is 0 Å². The molecule has 1 heterocycles. The quantitative estimate of drug-likeness (QED) is 0.655. The fraction of sp³-hybridized carbons (Fsp3) is 1.00. The summed E-state index contributed by atoms with van der Waals surface area (Å²) in [7, 11) is -7.11. The molecule has 0 unspecified atom stereocenters. The molecule has 1 saturated heterocycles. The normalized spacial score (nSPS) is 26.6. The van der Waals surface area contributed by atoms with Gasteiger partial charge in [-0.1, -0.05) is 0 Å². The van der Waals surface area contributed by atoms with Gasteiger partial charge in [0.15, 0.2) is 0 Å².